The summed E-state index contributed by atoms with van der Waals surface area (Å²) in [6.45, 7) is 7.81. The Kier molecular flexibility index (Phi) is 3.31. The summed E-state index contributed by atoms with van der Waals surface area (Å²) in [7, 11) is 1.65. The van der Waals surface area contributed by atoms with Crippen LogP contribution in [0, 0.1) is 6.92 Å². The molecule has 1 rings (SSSR count). The van der Waals surface area contributed by atoms with Crippen LogP contribution in [0.1, 0.15) is 24.1 Å². The molecule has 1 atom stereocenters. The molecule has 1 aromatic rings. The maximum atomic E-state index is 6.00. The fraction of sp³-hybridized carbons (Fsp3) is 0.333. The number of hydrogen-bond donors (Lipinski definition) is 1. The van der Waals surface area contributed by atoms with Crippen LogP contribution in [0.25, 0.3) is 0 Å². The van der Waals surface area contributed by atoms with Gasteiger partial charge in [0.1, 0.15) is 5.75 Å². The number of nitrogens with two attached hydrogens (primary N) is 1. The van der Waals surface area contributed by atoms with E-state index in [9.17, 15) is 0 Å². The van der Waals surface area contributed by atoms with Crippen molar-refractivity contribution >= 4 is 0 Å². The third kappa shape index (κ3) is 2.15. The van der Waals surface area contributed by atoms with Crippen molar-refractivity contribution in [3.8, 4) is 5.75 Å². The first-order valence-corrected chi connectivity index (χ1v) is 4.61. The Balaban J connectivity index is 3.16. The lowest BCUT2D eigenvalue weighted by atomic mass is 9.99. The van der Waals surface area contributed by atoms with Gasteiger partial charge in [0.05, 0.1) is 13.2 Å². The Bertz CT molecular complexity index is 344. The highest BCUT2D eigenvalue weighted by Crippen LogP contribution is 2.28. The van der Waals surface area contributed by atoms with Gasteiger partial charge < -0.3 is 10.5 Å². The largest absolute Gasteiger partial charge is 0.496 e. The molecule has 0 spiro atoms. The number of hydrogen-bond acceptors (Lipinski definition) is 2. The van der Waals surface area contributed by atoms with Crippen LogP contribution < -0.4 is 10.5 Å². The van der Waals surface area contributed by atoms with Crippen molar-refractivity contribution < 1.29 is 4.74 Å². The molecule has 0 aliphatic heterocycles. The first-order valence-electron chi connectivity index (χ1n) is 4.61. The lowest BCUT2D eigenvalue weighted by Crippen LogP contribution is -2.12. The van der Waals surface area contributed by atoms with Gasteiger partial charge in [-0.05, 0) is 19.9 Å². The third-order valence-corrected chi connectivity index (χ3v) is 2.25. The summed E-state index contributed by atoms with van der Waals surface area (Å²) in [6, 6.07) is 5.84. The monoisotopic (exact) mass is 191 g/mol. The summed E-state index contributed by atoms with van der Waals surface area (Å²) in [4.78, 5) is 0. The van der Waals surface area contributed by atoms with E-state index in [-0.39, 0.29) is 6.04 Å². The minimum absolute atomic E-state index is 0.148. The summed E-state index contributed by atoms with van der Waals surface area (Å²) >= 11 is 0. The Morgan fingerprint density at radius 2 is 2.14 bits per heavy atom. The Hall–Kier alpha value is -1.28. The first-order chi connectivity index (χ1) is 6.56. The van der Waals surface area contributed by atoms with Crippen molar-refractivity contribution in [1.82, 2.24) is 0 Å². The summed E-state index contributed by atoms with van der Waals surface area (Å²) < 4.78 is 5.25. The molecule has 0 amide bonds. The van der Waals surface area contributed by atoms with Crippen LogP contribution in [0.3, 0.4) is 0 Å². The molecule has 0 radical (unpaired) electrons. The molecule has 0 heterocycles. The molecule has 0 aliphatic carbocycles. The van der Waals surface area contributed by atoms with E-state index in [1.165, 1.54) is 5.56 Å². The molecule has 0 saturated carbocycles. The van der Waals surface area contributed by atoms with Gasteiger partial charge >= 0.3 is 0 Å². The van der Waals surface area contributed by atoms with Crippen LogP contribution in [0.4, 0.5) is 0 Å². The van der Waals surface area contributed by atoms with E-state index >= 15 is 0 Å². The molecule has 76 valence electrons. The lowest BCUT2D eigenvalue weighted by molar-refractivity contribution is 0.407. The molecule has 2 N–H and O–H groups in total. The molecule has 2 nitrogen and oxygen atoms in total. The fourth-order valence-electron chi connectivity index (χ4n) is 1.36. The zero-order valence-electron chi connectivity index (χ0n) is 9.00. The van der Waals surface area contributed by atoms with E-state index in [0.29, 0.717) is 0 Å². The topological polar surface area (TPSA) is 35.2 Å². The average molecular weight is 191 g/mol. The highest BCUT2D eigenvalue weighted by Gasteiger charge is 2.12. The van der Waals surface area contributed by atoms with Gasteiger partial charge in [-0.15, -0.1) is 0 Å². The smallest absolute Gasteiger partial charge is 0.123 e. The summed E-state index contributed by atoms with van der Waals surface area (Å²) in [6.07, 6.45) is 0. The van der Waals surface area contributed by atoms with Gasteiger partial charge in [-0.1, -0.05) is 29.8 Å². The van der Waals surface area contributed by atoms with Crippen LogP contribution in [0.15, 0.2) is 30.4 Å². The third-order valence-electron chi connectivity index (χ3n) is 2.25. The van der Waals surface area contributed by atoms with E-state index in [1.54, 1.807) is 7.11 Å². The second-order valence-electron chi connectivity index (χ2n) is 3.57. The fourth-order valence-corrected chi connectivity index (χ4v) is 1.36. The van der Waals surface area contributed by atoms with Crippen LogP contribution >= 0.6 is 0 Å². The SMILES string of the molecule is C=C(C)C(N)c1cc(C)ccc1OC. The molecule has 14 heavy (non-hydrogen) atoms. The molecule has 0 bridgehead atoms. The standard InChI is InChI=1S/C12H17NO/c1-8(2)12(13)10-7-9(3)5-6-11(10)14-4/h5-7,12H,1,13H2,2-4H3. The minimum atomic E-state index is -0.148. The van der Waals surface area contributed by atoms with E-state index in [0.717, 1.165) is 16.9 Å². The minimum Gasteiger partial charge on any atom is -0.496 e. The van der Waals surface area contributed by atoms with Crippen molar-refractivity contribution in [1.29, 1.82) is 0 Å². The predicted octanol–water partition coefficient (Wildman–Crippen LogP) is 2.58. The van der Waals surface area contributed by atoms with Gasteiger partial charge in [-0.3, -0.25) is 0 Å². The maximum Gasteiger partial charge on any atom is 0.123 e. The van der Waals surface area contributed by atoms with Crippen LogP contribution in [-0.2, 0) is 0 Å². The van der Waals surface area contributed by atoms with Crippen molar-refractivity contribution in [2.75, 3.05) is 7.11 Å². The van der Waals surface area contributed by atoms with Crippen molar-refractivity contribution in [2.24, 2.45) is 5.73 Å². The normalized spacial score (nSPS) is 12.3. The van der Waals surface area contributed by atoms with E-state index in [2.05, 4.69) is 6.58 Å². The van der Waals surface area contributed by atoms with Gasteiger partial charge in [0.15, 0.2) is 0 Å². The van der Waals surface area contributed by atoms with Crippen LogP contribution in [0.2, 0.25) is 0 Å². The molecule has 2 heteroatoms. The van der Waals surface area contributed by atoms with Crippen molar-refractivity contribution in [3.63, 3.8) is 0 Å². The van der Waals surface area contributed by atoms with E-state index in [1.807, 2.05) is 32.0 Å². The van der Waals surface area contributed by atoms with E-state index in [4.69, 9.17) is 10.5 Å². The maximum absolute atomic E-state index is 6.00. The van der Waals surface area contributed by atoms with Gasteiger partial charge in [0, 0.05) is 5.56 Å². The number of rotatable bonds is 3. The first kappa shape index (κ1) is 10.8. The molecule has 1 aromatic carbocycles. The number of ether oxygens (including phenoxy) is 1. The molecule has 0 aliphatic rings. The van der Waals surface area contributed by atoms with Crippen molar-refractivity contribution in [3.05, 3.63) is 41.5 Å². The number of aryl methyl sites for hydroxylation is 1. The zero-order chi connectivity index (χ0) is 10.7. The van der Waals surface area contributed by atoms with Crippen LogP contribution in [0.5, 0.6) is 5.75 Å². The summed E-state index contributed by atoms with van der Waals surface area (Å²) in [5.74, 6) is 0.825. The quantitative estimate of drug-likeness (QED) is 0.745. The second-order valence-corrected chi connectivity index (χ2v) is 3.57. The van der Waals surface area contributed by atoms with Gasteiger partial charge in [0.2, 0.25) is 0 Å². The van der Waals surface area contributed by atoms with Gasteiger partial charge in [0.25, 0.3) is 0 Å². The Morgan fingerprint density at radius 1 is 1.50 bits per heavy atom. The highest BCUT2D eigenvalue weighted by molar-refractivity contribution is 5.41. The van der Waals surface area contributed by atoms with E-state index < -0.39 is 0 Å². The molecule has 1 unspecified atom stereocenters. The molecule has 0 aromatic heterocycles. The highest BCUT2D eigenvalue weighted by atomic mass is 16.5. The summed E-state index contributed by atoms with van der Waals surface area (Å²) in [5, 5.41) is 0. The molecule has 0 fully saturated rings. The van der Waals surface area contributed by atoms with Gasteiger partial charge in [-0.25, -0.2) is 0 Å². The van der Waals surface area contributed by atoms with Gasteiger partial charge in [-0.2, -0.15) is 0 Å². The van der Waals surface area contributed by atoms with Crippen molar-refractivity contribution in [2.45, 2.75) is 19.9 Å². The average Bonchev–Trinajstić information content (AvgIpc) is 2.16. The lowest BCUT2D eigenvalue weighted by Gasteiger charge is -2.16. The Labute approximate surface area is 85.4 Å². The summed E-state index contributed by atoms with van der Waals surface area (Å²) in [5.41, 5.74) is 9.12. The number of methoxy groups -OCH3 is 1. The number of benzene rings is 1. The second kappa shape index (κ2) is 4.29. The predicted molar refractivity (Wildman–Crippen MR) is 59.5 cm³/mol. The Morgan fingerprint density at radius 3 is 2.64 bits per heavy atom. The van der Waals surface area contributed by atoms with Crippen LogP contribution in [-0.4, -0.2) is 7.11 Å². The molecular formula is C12H17NO. The molecular weight excluding hydrogens is 174 g/mol. The zero-order valence-corrected chi connectivity index (χ0v) is 9.00. The molecule has 0 saturated heterocycles.